The Morgan fingerprint density at radius 1 is 1.35 bits per heavy atom. The highest BCUT2D eigenvalue weighted by atomic mass is 19.1. The van der Waals surface area contributed by atoms with Gasteiger partial charge in [0.2, 0.25) is 5.91 Å². The van der Waals surface area contributed by atoms with Crippen molar-refractivity contribution < 1.29 is 18.3 Å². The molecule has 0 aliphatic carbocycles. The van der Waals surface area contributed by atoms with Gasteiger partial charge in [-0.1, -0.05) is 0 Å². The van der Waals surface area contributed by atoms with Crippen LogP contribution >= 0.6 is 0 Å². The molecular weight excluding hydrogens is 304 g/mol. The summed E-state index contributed by atoms with van der Waals surface area (Å²) in [7, 11) is 0. The van der Waals surface area contributed by atoms with Crippen LogP contribution in [0.25, 0.3) is 10.9 Å². The number of carbonyl (C=O) groups is 1. The Labute approximate surface area is 132 Å². The van der Waals surface area contributed by atoms with Crippen molar-refractivity contribution in [2.75, 3.05) is 31.6 Å². The molecule has 5 nitrogen and oxygen atoms in total. The summed E-state index contributed by atoms with van der Waals surface area (Å²) < 4.78 is 32.5. The van der Waals surface area contributed by atoms with Crippen molar-refractivity contribution in [3.63, 3.8) is 0 Å². The van der Waals surface area contributed by atoms with E-state index in [1.165, 1.54) is 12.3 Å². The Hall–Kier alpha value is -2.28. The van der Waals surface area contributed by atoms with E-state index in [2.05, 4.69) is 10.3 Å². The Morgan fingerprint density at radius 2 is 2.09 bits per heavy atom. The number of rotatable bonds is 3. The van der Waals surface area contributed by atoms with Crippen LogP contribution in [0.2, 0.25) is 0 Å². The lowest BCUT2D eigenvalue weighted by Gasteiger charge is -2.30. The van der Waals surface area contributed by atoms with Gasteiger partial charge in [-0.3, -0.25) is 9.78 Å². The molecule has 1 amide bonds. The summed E-state index contributed by atoms with van der Waals surface area (Å²) in [6.07, 6.45) is 1.43. The molecule has 1 fully saturated rings. The maximum Gasteiger partial charge on any atom is 0.244 e. The van der Waals surface area contributed by atoms with E-state index >= 15 is 0 Å². The number of hydrogen-bond donors (Lipinski definition) is 1. The first-order valence-corrected chi connectivity index (χ1v) is 7.43. The van der Waals surface area contributed by atoms with Crippen LogP contribution in [-0.2, 0) is 9.53 Å². The van der Waals surface area contributed by atoms with Gasteiger partial charge in [0.05, 0.1) is 13.2 Å². The van der Waals surface area contributed by atoms with Gasteiger partial charge in [0.1, 0.15) is 17.4 Å². The number of hydrogen-bond acceptors (Lipinski definition) is 4. The number of morpholine rings is 1. The van der Waals surface area contributed by atoms with E-state index in [9.17, 15) is 13.6 Å². The van der Waals surface area contributed by atoms with Crippen molar-refractivity contribution in [1.29, 1.82) is 0 Å². The van der Waals surface area contributed by atoms with Gasteiger partial charge in [-0.05, 0) is 19.1 Å². The smallest absolute Gasteiger partial charge is 0.244 e. The minimum atomic E-state index is -0.726. The van der Waals surface area contributed by atoms with Crippen molar-refractivity contribution in [2.24, 2.45) is 0 Å². The Bertz CT molecular complexity index is 733. The standard InChI is InChI=1S/C16H17F2N3O2/c1-10(16(22)21-4-6-23-7-5-21)20-14-2-3-19-15-12(14)8-11(17)9-13(15)18/h2-3,8-10H,4-7H2,1H3,(H,19,20). The number of aromatic nitrogens is 1. The third-order valence-electron chi connectivity index (χ3n) is 3.83. The Morgan fingerprint density at radius 3 is 2.83 bits per heavy atom. The number of halogens is 2. The number of nitrogens with one attached hydrogen (secondary N) is 1. The molecule has 0 radical (unpaired) electrons. The molecule has 7 heteroatoms. The molecule has 1 saturated heterocycles. The van der Waals surface area contributed by atoms with Gasteiger partial charge < -0.3 is 15.0 Å². The second-order valence-corrected chi connectivity index (χ2v) is 5.45. The maximum atomic E-state index is 13.8. The zero-order valence-electron chi connectivity index (χ0n) is 12.7. The lowest BCUT2D eigenvalue weighted by molar-refractivity contribution is -0.135. The molecule has 23 heavy (non-hydrogen) atoms. The molecule has 3 rings (SSSR count). The largest absolute Gasteiger partial charge is 0.378 e. The van der Waals surface area contributed by atoms with Gasteiger partial charge in [0.15, 0.2) is 5.82 Å². The fourth-order valence-corrected chi connectivity index (χ4v) is 2.66. The van der Waals surface area contributed by atoms with Crippen LogP contribution in [0.1, 0.15) is 6.92 Å². The van der Waals surface area contributed by atoms with Crippen LogP contribution in [0.5, 0.6) is 0 Å². The monoisotopic (exact) mass is 321 g/mol. The molecular formula is C16H17F2N3O2. The minimum absolute atomic E-state index is 0.0717. The van der Waals surface area contributed by atoms with Crippen molar-refractivity contribution >= 4 is 22.5 Å². The predicted molar refractivity (Wildman–Crippen MR) is 82.1 cm³/mol. The molecule has 1 atom stereocenters. The molecule has 1 N–H and O–H groups in total. The molecule has 0 spiro atoms. The van der Waals surface area contributed by atoms with Crippen LogP contribution in [0.15, 0.2) is 24.4 Å². The van der Waals surface area contributed by atoms with Gasteiger partial charge in [-0.2, -0.15) is 0 Å². The van der Waals surface area contributed by atoms with Gasteiger partial charge in [-0.15, -0.1) is 0 Å². The molecule has 0 bridgehead atoms. The van der Waals surface area contributed by atoms with E-state index in [4.69, 9.17) is 4.74 Å². The van der Waals surface area contributed by atoms with Crippen molar-refractivity contribution in [2.45, 2.75) is 13.0 Å². The highest BCUT2D eigenvalue weighted by molar-refractivity contribution is 5.94. The van der Waals surface area contributed by atoms with Crippen LogP contribution in [0.4, 0.5) is 14.5 Å². The highest BCUT2D eigenvalue weighted by Gasteiger charge is 2.23. The summed E-state index contributed by atoms with van der Waals surface area (Å²) in [6.45, 7) is 3.86. The maximum absolute atomic E-state index is 13.8. The number of pyridine rings is 1. The molecule has 2 aromatic rings. The highest BCUT2D eigenvalue weighted by Crippen LogP contribution is 2.25. The van der Waals surface area contributed by atoms with Gasteiger partial charge in [0, 0.05) is 36.4 Å². The summed E-state index contributed by atoms with van der Waals surface area (Å²) in [5, 5.41) is 3.34. The number of amides is 1. The minimum Gasteiger partial charge on any atom is -0.378 e. The van der Waals surface area contributed by atoms with Gasteiger partial charge >= 0.3 is 0 Å². The molecule has 1 unspecified atom stereocenters. The molecule has 2 heterocycles. The second-order valence-electron chi connectivity index (χ2n) is 5.45. The Balaban J connectivity index is 1.84. The molecule has 0 saturated carbocycles. The second kappa shape index (κ2) is 6.45. The van der Waals surface area contributed by atoms with Crippen LogP contribution in [0.3, 0.4) is 0 Å². The Kier molecular flexibility index (Phi) is 4.38. The molecule has 1 aliphatic rings. The summed E-state index contributed by atoms with van der Waals surface area (Å²) in [6, 6.07) is 3.08. The number of nitrogens with zero attached hydrogens (tertiary/aromatic N) is 2. The van der Waals surface area contributed by atoms with E-state index in [1.807, 2.05) is 0 Å². The fourth-order valence-electron chi connectivity index (χ4n) is 2.66. The van der Waals surface area contributed by atoms with Gasteiger partial charge in [-0.25, -0.2) is 8.78 Å². The zero-order valence-corrected chi connectivity index (χ0v) is 12.7. The number of fused-ring (bicyclic) bond motifs is 1. The lowest BCUT2D eigenvalue weighted by Crippen LogP contribution is -2.47. The predicted octanol–water partition coefficient (Wildman–Crippen LogP) is 2.17. The number of ether oxygens (including phenoxy) is 1. The van der Waals surface area contributed by atoms with Crippen molar-refractivity contribution in [3.05, 3.63) is 36.0 Å². The van der Waals surface area contributed by atoms with Gasteiger partial charge in [0.25, 0.3) is 0 Å². The first kappa shape index (κ1) is 15.6. The third kappa shape index (κ3) is 3.24. The average molecular weight is 321 g/mol. The average Bonchev–Trinajstić information content (AvgIpc) is 2.55. The van der Waals surface area contributed by atoms with E-state index in [0.29, 0.717) is 37.4 Å². The number of anilines is 1. The molecule has 122 valence electrons. The summed E-state index contributed by atoms with van der Waals surface area (Å²) in [5.74, 6) is -1.48. The fraction of sp³-hybridized carbons (Fsp3) is 0.375. The van der Waals surface area contributed by atoms with E-state index in [-0.39, 0.29) is 11.4 Å². The van der Waals surface area contributed by atoms with Crippen LogP contribution < -0.4 is 5.32 Å². The van der Waals surface area contributed by atoms with Crippen LogP contribution in [0, 0.1) is 11.6 Å². The number of benzene rings is 1. The van der Waals surface area contributed by atoms with E-state index < -0.39 is 17.7 Å². The quantitative estimate of drug-likeness (QED) is 0.941. The van der Waals surface area contributed by atoms with E-state index in [0.717, 1.165) is 6.07 Å². The SMILES string of the molecule is CC(Nc1ccnc2c(F)cc(F)cc12)C(=O)N1CCOCC1. The van der Waals surface area contributed by atoms with Crippen molar-refractivity contribution in [3.8, 4) is 0 Å². The molecule has 1 aromatic carbocycles. The zero-order chi connectivity index (χ0) is 16.4. The summed E-state index contributed by atoms with van der Waals surface area (Å²) in [4.78, 5) is 18.1. The number of carbonyl (C=O) groups excluding carboxylic acids is 1. The van der Waals surface area contributed by atoms with Crippen molar-refractivity contribution in [1.82, 2.24) is 9.88 Å². The summed E-state index contributed by atoms with van der Waals surface area (Å²) in [5.41, 5.74) is 0.546. The lowest BCUT2D eigenvalue weighted by atomic mass is 10.1. The van der Waals surface area contributed by atoms with Crippen LogP contribution in [-0.4, -0.2) is 48.1 Å². The first-order valence-electron chi connectivity index (χ1n) is 7.43. The normalized spacial score (nSPS) is 16.4. The topological polar surface area (TPSA) is 54.5 Å². The first-order chi connectivity index (χ1) is 11.1. The molecule has 1 aromatic heterocycles. The molecule has 1 aliphatic heterocycles. The van der Waals surface area contributed by atoms with E-state index in [1.54, 1.807) is 17.9 Å². The summed E-state index contributed by atoms with van der Waals surface area (Å²) >= 11 is 0. The third-order valence-corrected chi connectivity index (χ3v) is 3.83.